The fraction of sp³-hybridized carbons (Fsp3) is 0.395. The van der Waals surface area contributed by atoms with Crippen LogP contribution in [-0.2, 0) is 32.1 Å². The fourth-order valence-electron chi connectivity index (χ4n) is 8.87. The van der Waals surface area contributed by atoms with E-state index in [1.54, 1.807) is 41.9 Å². The Hall–Kier alpha value is -6.58. The molecule has 0 radical (unpaired) electrons. The van der Waals surface area contributed by atoms with Crippen molar-refractivity contribution in [2.75, 3.05) is 45.1 Å². The number of imide groups is 1. The highest BCUT2D eigenvalue weighted by Gasteiger charge is 2.39. The summed E-state index contributed by atoms with van der Waals surface area (Å²) in [5, 5.41) is 29.8. The van der Waals surface area contributed by atoms with E-state index < -0.39 is 11.9 Å². The van der Waals surface area contributed by atoms with E-state index in [-0.39, 0.29) is 61.5 Å². The Kier molecular flexibility index (Phi) is 11.0. The molecule has 3 aliphatic heterocycles. The second-order valence-corrected chi connectivity index (χ2v) is 17.1. The first-order valence-electron chi connectivity index (χ1n) is 20.6. The molecule has 18 heteroatoms. The predicted molar refractivity (Wildman–Crippen MR) is 224 cm³/mol. The molecule has 3 fully saturated rings. The lowest BCUT2D eigenvalue weighted by Gasteiger charge is -2.35. The number of amides is 5. The molecule has 61 heavy (non-hydrogen) atoms. The second-order valence-electron chi connectivity index (χ2n) is 16.1. The summed E-state index contributed by atoms with van der Waals surface area (Å²) >= 11 is 1.57. The van der Waals surface area contributed by atoms with Crippen LogP contribution in [0.2, 0.25) is 0 Å². The molecule has 5 aromatic rings. The zero-order valence-electron chi connectivity index (χ0n) is 33.6. The van der Waals surface area contributed by atoms with Gasteiger partial charge in [0, 0.05) is 99.4 Å². The molecule has 4 aromatic heterocycles. The van der Waals surface area contributed by atoms with Gasteiger partial charge in [0.05, 0.1) is 24.1 Å². The maximum Gasteiger partial charge on any atom is 0.255 e. The number of rotatable bonds is 10. The highest BCUT2D eigenvalue weighted by Crippen LogP contribution is 2.39. The van der Waals surface area contributed by atoms with Crippen molar-refractivity contribution in [1.82, 2.24) is 50.1 Å². The SMILES string of the molecule is CNc1cc(-n2ccc3cc(C#N)cnc32)ncc1-c1nnc([C@H]2CC[C@H](NC(=O)CN3CCN(C(=O)Cc4ccc5c(c4)CN(C4CCC(=O)NC4=O)C5=O)CC3)CC2)s1. The number of aromatic nitrogens is 5. The van der Waals surface area contributed by atoms with Crippen LogP contribution >= 0.6 is 11.3 Å². The molecule has 7 heterocycles. The number of piperazine rings is 1. The molecule has 1 unspecified atom stereocenters. The minimum atomic E-state index is -0.681. The summed E-state index contributed by atoms with van der Waals surface area (Å²) < 4.78 is 1.89. The first-order chi connectivity index (χ1) is 29.6. The Bertz CT molecular complexity index is 2600. The molecule has 0 bridgehead atoms. The number of hydrogen-bond acceptors (Lipinski definition) is 13. The van der Waals surface area contributed by atoms with Crippen molar-refractivity contribution in [3.63, 3.8) is 0 Å². The number of benzene rings is 1. The average molecular weight is 841 g/mol. The Morgan fingerprint density at radius 2 is 1.77 bits per heavy atom. The third-order valence-corrected chi connectivity index (χ3v) is 13.3. The van der Waals surface area contributed by atoms with Gasteiger partial charge in [-0.05, 0) is 61.4 Å². The summed E-state index contributed by atoms with van der Waals surface area (Å²) in [6.07, 6.45) is 9.44. The van der Waals surface area contributed by atoms with Crippen LogP contribution in [0.5, 0.6) is 0 Å². The first-order valence-corrected chi connectivity index (χ1v) is 21.4. The Balaban J connectivity index is 0.719. The van der Waals surface area contributed by atoms with Gasteiger partial charge < -0.3 is 20.4 Å². The van der Waals surface area contributed by atoms with Gasteiger partial charge in [-0.1, -0.05) is 23.5 Å². The number of fused-ring (bicyclic) bond motifs is 2. The molecule has 5 amide bonds. The van der Waals surface area contributed by atoms with E-state index >= 15 is 0 Å². The van der Waals surface area contributed by atoms with Gasteiger partial charge in [0.2, 0.25) is 23.6 Å². The average Bonchev–Trinajstić information content (AvgIpc) is 4.01. The van der Waals surface area contributed by atoms with Crippen molar-refractivity contribution in [1.29, 1.82) is 5.26 Å². The summed E-state index contributed by atoms with van der Waals surface area (Å²) in [4.78, 5) is 78.1. The van der Waals surface area contributed by atoms with E-state index in [1.165, 1.54) is 4.90 Å². The Labute approximate surface area is 355 Å². The molecule has 0 spiro atoms. The lowest BCUT2D eigenvalue weighted by atomic mass is 9.86. The van der Waals surface area contributed by atoms with E-state index in [4.69, 9.17) is 4.98 Å². The molecule has 2 saturated heterocycles. The highest BCUT2D eigenvalue weighted by atomic mass is 32.1. The number of nitriles is 1. The lowest BCUT2D eigenvalue weighted by Crippen LogP contribution is -2.52. The van der Waals surface area contributed by atoms with Crippen molar-refractivity contribution in [3.05, 3.63) is 82.3 Å². The molecule has 1 aromatic carbocycles. The van der Waals surface area contributed by atoms with E-state index in [2.05, 4.69) is 42.1 Å². The molecule has 9 rings (SSSR count). The summed E-state index contributed by atoms with van der Waals surface area (Å²) in [6, 6.07) is 12.6. The highest BCUT2D eigenvalue weighted by molar-refractivity contribution is 7.14. The van der Waals surface area contributed by atoms with Crippen LogP contribution in [0.1, 0.15) is 76.5 Å². The zero-order chi connectivity index (χ0) is 42.2. The van der Waals surface area contributed by atoms with Gasteiger partial charge in [-0.15, -0.1) is 10.2 Å². The van der Waals surface area contributed by atoms with E-state index in [1.807, 2.05) is 40.9 Å². The van der Waals surface area contributed by atoms with Gasteiger partial charge in [0.1, 0.15) is 28.6 Å². The molecule has 1 saturated carbocycles. The second kappa shape index (κ2) is 16.8. The van der Waals surface area contributed by atoms with Gasteiger partial charge in [0.25, 0.3) is 5.91 Å². The van der Waals surface area contributed by atoms with Crippen molar-refractivity contribution in [2.24, 2.45) is 0 Å². The van der Waals surface area contributed by atoms with Gasteiger partial charge in [-0.2, -0.15) is 5.26 Å². The minimum Gasteiger partial charge on any atom is -0.387 e. The third-order valence-electron chi connectivity index (χ3n) is 12.2. The maximum atomic E-state index is 13.3. The number of hydrogen-bond donors (Lipinski definition) is 3. The quantitative estimate of drug-likeness (QED) is 0.173. The van der Waals surface area contributed by atoms with Gasteiger partial charge in [-0.3, -0.25) is 38.8 Å². The number of nitrogens with zero attached hydrogens (tertiary/aromatic N) is 9. The minimum absolute atomic E-state index is 0.00776. The van der Waals surface area contributed by atoms with Gasteiger partial charge in [0.15, 0.2) is 5.01 Å². The van der Waals surface area contributed by atoms with Crippen LogP contribution < -0.4 is 16.0 Å². The molecule has 1 aliphatic carbocycles. The monoisotopic (exact) mass is 840 g/mol. The Morgan fingerprint density at radius 3 is 2.54 bits per heavy atom. The summed E-state index contributed by atoms with van der Waals surface area (Å²) in [5.41, 5.74) is 5.04. The lowest BCUT2D eigenvalue weighted by molar-refractivity contribution is -0.137. The number of carbonyl (C=O) groups excluding carboxylic acids is 5. The van der Waals surface area contributed by atoms with Crippen LogP contribution in [0.4, 0.5) is 5.69 Å². The van der Waals surface area contributed by atoms with Crippen molar-refractivity contribution in [3.8, 4) is 22.5 Å². The van der Waals surface area contributed by atoms with Crippen molar-refractivity contribution in [2.45, 2.75) is 69.5 Å². The smallest absolute Gasteiger partial charge is 0.255 e. The van der Waals surface area contributed by atoms with Crippen LogP contribution in [0, 0.1) is 11.3 Å². The number of carbonyl (C=O) groups is 5. The molecule has 3 N–H and O–H groups in total. The molecular weight excluding hydrogens is 797 g/mol. The topological polar surface area (TPSA) is 211 Å². The van der Waals surface area contributed by atoms with Crippen LogP contribution in [0.15, 0.2) is 55.0 Å². The summed E-state index contributed by atoms with van der Waals surface area (Å²) in [7, 11) is 1.86. The van der Waals surface area contributed by atoms with Crippen molar-refractivity contribution >= 4 is 57.6 Å². The van der Waals surface area contributed by atoms with Crippen LogP contribution in [-0.4, -0.2) is 121 Å². The predicted octanol–water partition coefficient (Wildman–Crippen LogP) is 3.14. The fourth-order valence-corrected chi connectivity index (χ4v) is 9.91. The van der Waals surface area contributed by atoms with E-state index in [0.717, 1.165) is 63.5 Å². The molecule has 17 nitrogen and oxygen atoms in total. The van der Waals surface area contributed by atoms with Crippen molar-refractivity contribution < 1.29 is 24.0 Å². The largest absolute Gasteiger partial charge is 0.387 e. The number of pyridine rings is 2. The molecular formula is C43H44N12O5S. The van der Waals surface area contributed by atoms with E-state index in [9.17, 15) is 29.2 Å². The zero-order valence-corrected chi connectivity index (χ0v) is 34.4. The van der Waals surface area contributed by atoms with Crippen LogP contribution in [0.25, 0.3) is 27.4 Å². The molecule has 1 atom stereocenters. The van der Waals surface area contributed by atoms with E-state index in [0.29, 0.717) is 55.2 Å². The van der Waals surface area contributed by atoms with Gasteiger partial charge in [-0.25, -0.2) is 9.97 Å². The van der Waals surface area contributed by atoms with Gasteiger partial charge >= 0.3 is 0 Å². The van der Waals surface area contributed by atoms with Crippen LogP contribution in [0.3, 0.4) is 0 Å². The number of anilines is 1. The molecule has 312 valence electrons. The molecule has 4 aliphatic rings. The standard InChI is InChI=1S/C43H44N12O5S/c1-45-33-19-35(54-11-10-28-17-26(20-44)21-47-39(28)54)46-22-32(33)42-51-50-41(61-42)27-3-5-30(6-4-27)48-37(57)24-52-12-14-53(15-13-52)38(58)18-25-2-7-31-29(16-25)23-55(43(31)60)34-8-9-36(56)49-40(34)59/h2,7,10-11,16-17,19,21-22,27,30,34H,3-6,8-9,12-15,18,23-24H2,1H3,(H,45,46)(H,48,57)(H,49,56,59)/t27-,30-,34?. The normalized spacial score (nSPS) is 20.7. The number of piperidine rings is 1. The summed E-state index contributed by atoms with van der Waals surface area (Å²) in [6.45, 7) is 2.80. The Morgan fingerprint density at radius 1 is 0.951 bits per heavy atom. The maximum absolute atomic E-state index is 13.3. The number of nitrogens with one attached hydrogen (secondary N) is 3. The first kappa shape index (κ1) is 39.9. The summed E-state index contributed by atoms with van der Waals surface area (Å²) in [5.74, 6) is -0.0796. The third kappa shape index (κ3) is 8.18.